The van der Waals surface area contributed by atoms with Crippen LogP contribution in [-0.4, -0.2) is 36.3 Å². The molecule has 2 amide bonds. The van der Waals surface area contributed by atoms with E-state index in [9.17, 15) is 9.59 Å². The molecule has 2 rings (SSSR count). The Bertz CT molecular complexity index is 521. The van der Waals surface area contributed by atoms with E-state index in [1.54, 1.807) is 12.1 Å². The summed E-state index contributed by atoms with van der Waals surface area (Å²) in [5.41, 5.74) is 3.63. The molecule has 1 heterocycles. The number of halogens is 1. The summed E-state index contributed by atoms with van der Waals surface area (Å²) in [6.07, 6.45) is 0.941. The van der Waals surface area contributed by atoms with Crippen molar-refractivity contribution in [3.63, 3.8) is 0 Å². The van der Waals surface area contributed by atoms with Crippen LogP contribution in [-0.2, 0) is 11.3 Å². The number of nitrogens with two attached hydrogens (primary N) is 1. The molecule has 108 valence electrons. The van der Waals surface area contributed by atoms with Crippen LogP contribution in [0.1, 0.15) is 22.3 Å². The molecule has 0 radical (unpaired) electrons. The molecule has 0 aliphatic carbocycles. The van der Waals surface area contributed by atoms with Crippen LogP contribution < -0.4 is 16.6 Å². The standard InChI is InChI=1S/C13H17BrN4O2/c14-11-6-9(13(20)17-15)2-3-10(11)7-18-5-1-4-16-12(19)8-18/h2-3,6H,1,4-5,7-8,15H2,(H,16,19)(H,17,20). The molecule has 0 aromatic heterocycles. The molecule has 0 unspecified atom stereocenters. The Morgan fingerprint density at radius 3 is 3.00 bits per heavy atom. The summed E-state index contributed by atoms with van der Waals surface area (Å²) in [6.45, 7) is 2.67. The predicted molar refractivity (Wildman–Crippen MR) is 78.7 cm³/mol. The molecular weight excluding hydrogens is 324 g/mol. The molecule has 4 N–H and O–H groups in total. The Kier molecular flexibility index (Phi) is 5.11. The van der Waals surface area contributed by atoms with Crippen LogP contribution in [0.5, 0.6) is 0 Å². The number of benzene rings is 1. The number of nitrogen functional groups attached to an aromatic ring is 1. The summed E-state index contributed by atoms with van der Waals surface area (Å²) < 4.78 is 0.836. The highest BCUT2D eigenvalue weighted by Gasteiger charge is 2.16. The molecule has 1 aliphatic rings. The number of hydrogen-bond donors (Lipinski definition) is 3. The monoisotopic (exact) mass is 340 g/mol. The molecule has 0 bridgehead atoms. The van der Waals surface area contributed by atoms with Gasteiger partial charge in [-0.25, -0.2) is 5.84 Å². The second kappa shape index (κ2) is 6.83. The van der Waals surface area contributed by atoms with Crippen LogP contribution in [0.15, 0.2) is 22.7 Å². The maximum atomic E-state index is 11.5. The topological polar surface area (TPSA) is 87.5 Å². The quantitative estimate of drug-likeness (QED) is 0.421. The van der Waals surface area contributed by atoms with Crippen LogP contribution >= 0.6 is 15.9 Å². The lowest BCUT2D eigenvalue weighted by molar-refractivity contribution is -0.121. The van der Waals surface area contributed by atoms with Gasteiger partial charge >= 0.3 is 0 Å². The highest BCUT2D eigenvalue weighted by Crippen LogP contribution is 2.20. The first-order chi connectivity index (χ1) is 9.60. The smallest absolute Gasteiger partial charge is 0.265 e. The number of nitrogens with one attached hydrogen (secondary N) is 2. The van der Waals surface area contributed by atoms with E-state index in [1.807, 2.05) is 6.07 Å². The van der Waals surface area contributed by atoms with E-state index in [2.05, 4.69) is 31.6 Å². The molecule has 6 nitrogen and oxygen atoms in total. The lowest BCUT2D eigenvalue weighted by Gasteiger charge is -2.19. The molecule has 0 spiro atoms. The van der Waals surface area contributed by atoms with Gasteiger partial charge in [0.25, 0.3) is 5.91 Å². The molecule has 1 aromatic carbocycles. The fraction of sp³-hybridized carbons (Fsp3) is 0.385. The zero-order valence-electron chi connectivity index (χ0n) is 11.0. The van der Waals surface area contributed by atoms with Gasteiger partial charge in [0, 0.05) is 29.7 Å². The highest BCUT2D eigenvalue weighted by atomic mass is 79.9. The van der Waals surface area contributed by atoms with E-state index in [0.29, 0.717) is 18.7 Å². The zero-order valence-corrected chi connectivity index (χ0v) is 12.6. The fourth-order valence-corrected chi connectivity index (χ4v) is 2.65. The predicted octanol–water partition coefficient (Wildman–Crippen LogP) is 0.375. The van der Waals surface area contributed by atoms with Gasteiger partial charge in [-0.1, -0.05) is 22.0 Å². The summed E-state index contributed by atoms with van der Waals surface area (Å²) in [7, 11) is 0. The van der Waals surface area contributed by atoms with Gasteiger partial charge in [-0.15, -0.1) is 0 Å². The lowest BCUT2D eigenvalue weighted by atomic mass is 10.1. The van der Waals surface area contributed by atoms with E-state index in [-0.39, 0.29) is 11.8 Å². The van der Waals surface area contributed by atoms with Gasteiger partial charge in [0.2, 0.25) is 5.91 Å². The Labute approximate surface area is 125 Å². The maximum Gasteiger partial charge on any atom is 0.265 e. The van der Waals surface area contributed by atoms with Gasteiger partial charge < -0.3 is 5.32 Å². The Balaban J connectivity index is 2.09. The van der Waals surface area contributed by atoms with Crippen LogP contribution in [0.4, 0.5) is 0 Å². The van der Waals surface area contributed by atoms with Crippen molar-refractivity contribution in [2.45, 2.75) is 13.0 Å². The van der Waals surface area contributed by atoms with Gasteiger partial charge in [-0.3, -0.25) is 19.9 Å². The van der Waals surface area contributed by atoms with Crippen molar-refractivity contribution in [3.8, 4) is 0 Å². The summed E-state index contributed by atoms with van der Waals surface area (Å²) >= 11 is 3.46. The number of hydrogen-bond acceptors (Lipinski definition) is 4. The molecule has 1 aliphatic heterocycles. The third kappa shape index (κ3) is 3.78. The van der Waals surface area contributed by atoms with Crippen molar-refractivity contribution < 1.29 is 9.59 Å². The van der Waals surface area contributed by atoms with Crippen molar-refractivity contribution in [2.24, 2.45) is 5.84 Å². The van der Waals surface area contributed by atoms with Crippen LogP contribution in [0.3, 0.4) is 0 Å². The first-order valence-electron chi connectivity index (χ1n) is 6.38. The van der Waals surface area contributed by atoms with Crippen molar-refractivity contribution in [1.29, 1.82) is 0 Å². The van der Waals surface area contributed by atoms with E-state index >= 15 is 0 Å². The number of amides is 2. The van der Waals surface area contributed by atoms with E-state index < -0.39 is 0 Å². The molecule has 0 saturated carbocycles. The Hall–Kier alpha value is -1.44. The SMILES string of the molecule is NNC(=O)c1ccc(CN2CCCNC(=O)C2)c(Br)c1. The average Bonchev–Trinajstić information content (AvgIpc) is 2.64. The number of carbonyl (C=O) groups excluding carboxylic acids is 2. The summed E-state index contributed by atoms with van der Waals surface area (Å²) in [6, 6.07) is 5.33. The Morgan fingerprint density at radius 1 is 1.50 bits per heavy atom. The second-order valence-electron chi connectivity index (χ2n) is 4.69. The van der Waals surface area contributed by atoms with Crippen molar-refractivity contribution in [1.82, 2.24) is 15.6 Å². The van der Waals surface area contributed by atoms with Gasteiger partial charge in [0.05, 0.1) is 6.54 Å². The van der Waals surface area contributed by atoms with Crippen molar-refractivity contribution >= 4 is 27.7 Å². The summed E-state index contributed by atoms with van der Waals surface area (Å²) in [5.74, 6) is 4.83. The zero-order chi connectivity index (χ0) is 14.5. The summed E-state index contributed by atoms with van der Waals surface area (Å²) in [5, 5.41) is 2.85. The Morgan fingerprint density at radius 2 is 2.30 bits per heavy atom. The minimum atomic E-state index is -0.327. The summed E-state index contributed by atoms with van der Waals surface area (Å²) in [4.78, 5) is 25.0. The lowest BCUT2D eigenvalue weighted by Crippen LogP contribution is -2.33. The third-order valence-corrected chi connectivity index (χ3v) is 3.92. The van der Waals surface area contributed by atoms with Gasteiger partial charge in [0.15, 0.2) is 0 Å². The molecule has 1 fully saturated rings. The van der Waals surface area contributed by atoms with Gasteiger partial charge in [-0.05, 0) is 24.1 Å². The number of nitrogens with zero attached hydrogens (tertiary/aromatic N) is 1. The molecule has 7 heteroatoms. The molecule has 0 atom stereocenters. The van der Waals surface area contributed by atoms with E-state index in [0.717, 1.165) is 29.5 Å². The normalized spacial score (nSPS) is 16.4. The van der Waals surface area contributed by atoms with Crippen LogP contribution in [0, 0.1) is 0 Å². The number of carbonyl (C=O) groups is 2. The molecular formula is C13H17BrN4O2. The third-order valence-electron chi connectivity index (χ3n) is 3.18. The number of hydrazine groups is 1. The minimum absolute atomic E-state index is 0.0535. The second-order valence-corrected chi connectivity index (χ2v) is 5.55. The largest absolute Gasteiger partial charge is 0.355 e. The average molecular weight is 341 g/mol. The molecule has 1 aromatic rings. The van der Waals surface area contributed by atoms with E-state index in [4.69, 9.17) is 5.84 Å². The first-order valence-corrected chi connectivity index (χ1v) is 7.18. The van der Waals surface area contributed by atoms with Gasteiger partial charge in [0.1, 0.15) is 0 Å². The van der Waals surface area contributed by atoms with Crippen LogP contribution in [0.2, 0.25) is 0 Å². The first kappa shape index (κ1) is 15.0. The molecule has 1 saturated heterocycles. The number of rotatable bonds is 3. The van der Waals surface area contributed by atoms with E-state index in [1.165, 1.54) is 0 Å². The van der Waals surface area contributed by atoms with Crippen molar-refractivity contribution in [3.05, 3.63) is 33.8 Å². The highest BCUT2D eigenvalue weighted by molar-refractivity contribution is 9.10. The minimum Gasteiger partial charge on any atom is -0.355 e. The van der Waals surface area contributed by atoms with Gasteiger partial charge in [-0.2, -0.15) is 0 Å². The van der Waals surface area contributed by atoms with Crippen molar-refractivity contribution in [2.75, 3.05) is 19.6 Å². The molecule has 20 heavy (non-hydrogen) atoms. The van der Waals surface area contributed by atoms with Crippen LogP contribution in [0.25, 0.3) is 0 Å². The fourth-order valence-electron chi connectivity index (χ4n) is 2.14. The maximum absolute atomic E-state index is 11.5.